The average molecular weight is 331 g/mol. The van der Waals surface area contributed by atoms with Crippen LogP contribution in [0, 0.1) is 6.92 Å². The zero-order chi connectivity index (χ0) is 17.2. The van der Waals surface area contributed by atoms with Crippen LogP contribution in [0.15, 0.2) is 36.5 Å². The second kappa shape index (κ2) is 4.96. The normalized spacial score (nSPS) is 19.8. The van der Waals surface area contributed by atoms with E-state index in [9.17, 15) is 5.11 Å². The van der Waals surface area contributed by atoms with Crippen molar-refractivity contribution in [3.05, 3.63) is 64.6 Å². The van der Waals surface area contributed by atoms with Crippen molar-refractivity contribution in [2.24, 2.45) is 0 Å². The highest BCUT2D eigenvalue weighted by atomic mass is 16.3. The maximum absolute atomic E-state index is 11.8. The van der Waals surface area contributed by atoms with Crippen molar-refractivity contribution in [2.75, 3.05) is 0 Å². The summed E-state index contributed by atoms with van der Waals surface area (Å²) in [6.45, 7) is 4.28. The van der Waals surface area contributed by atoms with Crippen LogP contribution in [0.25, 0.3) is 21.9 Å². The fourth-order valence-corrected chi connectivity index (χ4v) is 4.40. The van der Waals surface area contributed by atoms with Gasteiger partial charge >= 0.3 is 0 Å². The van der Waals surface area contributed by atoms with Crippen molar-refractivity contribution >= 4 is 21.9 Å². The number of fused-ring (bicyclic) bond motifs is 1. The molecule has 0 bridgehead atoms. The van der Waals surface area contributed by atoms with Crippen molar-refractivity contribution in [3.63, 3.8) is 0 Å². The molecule has 0 amide bonds. The first-order valence-electron chi connectivity index (χ1n) is 8.92. The number of aliphatic hydroxyl groups is 1. The standard InChI is InChI=1S/C21H21N3O/c1-3-13-10-12(2)19-17-14(11-22-19)8-9-21(25,18(13)17)20-23-15-6-4-5-7-16(15)24-20/h4-7,10-11,22,25H,3,8-9H2,1-2H3,(H,23,24). The molecule has 0 aliphatic heterocycles. The molecule has 5 rings (SSSR count). The van der Waals surface area contributed by atoms with Gasteiger partial charge in [-0.15, -0.1) is 0 Å². The molecular weight excluding hydrogens is 310 g/mol. The van der Waals surface area contributed by atoms with Gasteiger partial charge in [-0.3, -0.25) is 0 Å². The number of aromatic nitrogens is 3. The van der Waals surface area contributed by atoms with Crippen molar-refractivity contribution in [3.8, 4) is 0 Å². The van der Waals surface area contributed by atoms with Gasteiger partial charge in [-0.05, 0) is 55.0 Å². The summed E-state index contributed by atoms with van der Waals surface area (Å²) in [5.74, 6) is 0.653. The number of para-hydroxylation sites is 2. The van der Waals surface area contributed by atoms with Crippen molar-refractivity contribution < 1.29 is 5.11 Å². The van der Waals surface area contributed by atoms with E-state index in [2.05, 4.69) is 36.1 Å². The fraction of sp³-hybridized carbons (Fsp3) is 0.286. The number of aryl methyl sites for hydroxylation is 3. The highest BCUT2D eigenvalue weighted by Crippen LogP contribution is 2.45. The fourth-order valence-electron chi connectivity index (χ4n) is 4.40. The highest BCUT2D eigenvalue weighted by Gasteiger charge is 2.41. The largest absolute Gasteiger partial charge is 0.377 e. The Labute approximate surface area is 145 Å². The lowest BCUT2D eigenvalue weighted by Gasteiger charge is -2.33. The van der Waals surface area contributed by atoms with Gasteiger partial charge < -0.3 is 15.1 Å². The molecule has 0 saturated heterocycles. The summed E-state index contributed by atoms with van der Waals surface area (Å²) in [6, 6.07) is 10.2. The minimum atomic E-state index is -1.08. The van der Waals surface area contributed by atoms with Crippen LogP contribution >= 0.6 is 0 Å². The molecule has 0 radical (unpaired) electrons. The van der Waals surface area contributed by atoms with Crippen LogP contribution in [0.3, 0.4) is 0 Å². The minimum absolute atomic E-state index is 0.642. The Bertz CT molecular complexity index is 1090. The molecule has 2 aromatic heterocycles. The zero-order valence-corrected chi connectivity index (χ0v) is 14.5. The number of hydrogen-bond donors (Lipinski definition) is 3. The highest BCUT2D eigenvalue weighted by molar-refractivity contribution is 5.92. The third-order valence-electron chi connectivity index (χ3n) is 5.65. The third kappa shape index (κ3) is 1.89. The maximum Gasteiger partial charge on any atom is 0.148 e. The summed E-state index contributed by atoms with van der Waals surface area (Å²) in [7, 11) is 0. The summed E-state index contributed by atoms with van der Waals surface area (Å²) in [5, 5.41) is 13.0. The molecule has 4 nitrogen and oxygen atoms in total. The molecule has 25 heavy (non-hydrogen) atoms. The van der Waals surface area contributed by atoms with Gasteiger partial charge in [0.15, 0.2) is 0 Å². The number of imidazole rings is 1. The number of benzene rings is 2. The first kappa shape index (κ1) is 14.7. The summed E-state index contributed by atoms with van der Waals surface area (Å²) in [4.78, 5) is 11.5. The summed E-state index contributed by atoms with van der Waals surface area (Å²) in [5.41, 5.74) is 6.67. The van der Waals surface area contributed by atoms with Gasteiger partial charge in [-0.1, -0.05) is 25.1 Å². The van der Waals surface area contributed by atoms with Gasteiger partial charge in [0.25, 0.3) is 0 Å². The van der Waals surface area contributed by atoms with Crippen LogP contribution in [0.5, 0.6) is 0 Å². The zero-order valence-electron chi connectivity index (χ0n) is 14.5. The van der Waals surface area contributed by atoms with E-state index in [-0.39, 0.29) is 0 Å². The van der Waals surface area contributed by atoms with Gasteiger partial charge in [0, 0.05) is 22.7 Å². The molecule has 0 saturated carbocycles. The Morgan fingerprint density at radius 3 is 2.92 bits per heavy atom. The smallest absolute Gasteiger partial charge is 0.148 e. The number of rotatable bonds is 2. The molecule has 2 aromatic carbocycles. The van der Waals surface area contributed by atoms with E-state index in [1.807, 2.05) is 24.3 Å². The van der Waals surface area contributed by atoms with Crippen molar-refractivity contribution in [1.29, 1.82) is 0 Å². The quantitative estimate of drug-likeness (QED) is 0.518. The van der Waals surface area contributed by atoms with E-state index >= 15 is 0 Å². The Kier molecular flexibility index (Phi) is 2.92. The summed E-state index contributed by atoms with van der Waals surface area (Å²) < 4.78 is 0. The van der Waals surface area contributed by atoms with Crippen LogP contribution < -0.4 is 0 Å². The van der Waals surface area contributed by atoms with Crippen molar-refractivity contribution in [2.45, 2.75) is 38.7 Å². The molecule has 3 N–H and O–H groups in total. The Balaban J connectivity index is 1.85. The van der Waals surface area contributed by atoms with Gasteiger partial charge in [-0.25, -0.2) is 4.98 Å². The van der Waals surface area contributed by atoms with E-state index in [1.54, 1.807) is 0 Å². The van der Waals surface area contributed by atoms with Crippen LogP contribution in [-0.2, 0) is 18.4 Å². The lowest BCUT2D eigenvalue weighted by atomic mass is 9.76. The SMILES string of the molecule is CCc1cc(C)c2[nH]cc3c2c1C(O)(c1nc2ccccc2[nH]1)CC3. The molecule has 0 fully saturated rings. The molecule has 2 heterocycles. The third-order valence-corrected chi connectivity index (χ3v) is 5.65. The Morgan fingerprint density at radius 2 is 2.12 bits per heavy atom. The molecule has 126 valence electrons. The molecule has 1 aliphatic carbocycles. The van der Waals surface area contributed by atoms with Crippen molar-refractivity contribution in [1.82, 2.24) is 15.0 Å². The van der Waals surface area contributed by atoms with Gasteiger partial charge in [0.05, 0.1) is 11.0 Å². The maximum atomic E-state index is 11.8. The predicted molar refractivity (Wildman–Crippen MR) is 99.8 cm³/mol. The number of H-pyrrole nitrogens is 2. The number of nitrogens with zero attached hydrogens (tertiary/aromatic N) is 1. The van der Waals surface area contributed by atoms with Crippen LogP contribution in [0.1, 0.15) is 41.4 Å². The van der Waals surface area contributed by atoms with Crippen LogP contribution in [-0.4, -0.2) is 20.1 Å². The van der Waals surface area contributed by atoms with E-state index in [0.29, 0.717) is 12.2 Å². The summed E-state index contributed by atoms with van der Waals surface area (Å²) >= 11 is 0. The Hall–Kier alpha value is -2.59. The second-order valence-corrected chi connectivity index (χ2v) is 7.11. The molecule has 0 spiro atoms. The first-order valence-corrected chi connectivity index (χ1v) is 8.92. The number of hydrogen-bond acceptors (Lipinski definition) is 2. The first-order chi connectivity index (χ1) is 12.1. The topological polar surface area (TPSA) is 64.7 Å². The van der Waals surface area contributed by atoms with E-state index < -0.39 is 5.60 Å². The second-order valence-electron chi connectivity index (χ2n) is 7.11. The van der Waals surface area contributed by atoms with E-state index in [4.69, 9.17) is 4.98 Å². The van der Waals surface area contributed by atoms with Gasteiger partial charge in [0.2, 0.25) is 0 Å². The van der Waals surface area contributed by atoms with Crippen LogP contribution in [0.4, 0.5) is 0 Å². The molecule has 1 aliphatic rings. The lowest BCUT2D eigenvalue weighted by molar-refractivity contribution is 0.0613. The van der Waals surface area contributed by atoms with Gasteiger partial charge in [0.1, 0.15) is 11.4 Å². The van der Waals surface area contributed by atoms with E-state index in [0.717, 1.165) is 35.0 Å². The molecular formula is C21H21N3O. The molecule has 1 unspecified atom stereocenters. The monoisotopic (exact) mass is 331 g/mol. The Morgan fingerprint density at radius 1 is 1.28 bits per heavy atom. The predicted octanol–water partition coefficient (Wildman–Crippen LogP) is 4.10. The molecule has 4 heteroatoms. The molecule has 4 aromatic rings. The van der Waals surface area contributed by atoms with Crippen LogP contribution in [0.2, 0.25) is 0 Å². The van der Waals surface area contributed by atoms with E-state index in [1.165, 1.54) is 22.1 Å². The average Bonchev–Trinajstić information content (AvgIpc) is 3.24. The number of nitrogens with one attached hydrogen (secondary N) is 2. The minimum Gasteiger partial charge on any atom is -0.377 e. The number of aromatic amines is 2. The summed E-state index contributed by atoms with van der Waals surface area (Å²) in [6.07, 6.45) is 4.47. The lowest BCUT2D eigenvalue weighted by Crippen LogP contribution is -2.33. The van der Waals surface area contributed by atoms with Gasteiger partial charge in [-0.2, -0.15) is 0 Å². The molecule has 1 atom stereocenters.